The molecule has 20 heavy (non-hydrogen) atoms. The molecule has 0 bridgehead atoms. The first-order valence-corrected chi connectivity index (χ1v) is 6.27. The summed E-state index contributed by atoms with van der Waals surface area (Å²) in [6, 6.07) is 5.01. The molecule has 0 fully saturated rings. The second kappa shape index (κ2) is 5.32. The summed E-state index contributed by atoms with van der Waals surface area (Å²) in [5.74, 6) is 0.735. The summed E-state index contributed by atoms with van der Waals surface area (Å²) >= 11 is 0. The Balaban J connectivity index is 2.23. The van der Waals surface area contributed by atoms with E-state index in [1.807, 2.05) is 27.0 Å². The van der Waals surface area contributed by atoms with Crippen LogP contribution in [0.15, 0.2) is 18.2 Å². The second-order valence-corrected chi connectivity index (χ2v) is 4.73. The average molecular weight is 275 g/mol. The van der Waals surface area contributed by atoms with Gasteiger partial charge in [-0.05, 0) is 26.3 Å². The molecule has 0 saturated carbocycles. The maximum absolute atomic E-state index is 10.9. The van der Waals surface area contributed by atoms with Gasteiger partial charge >= 0.3 is 0 Å². The summed E-state index contributed by atoms with van der Waals surface area (Å²) < 4.78 is 7.54. The Bertz CT molecular complexity index is 662. The van der Waals surface area contributed by atoms with Crippen molar-refractivity contribution >= 4 is 5.69 Å². The minimum absolute atomic E-state index is 0.116. The van der Waals surface area contributed by atoms with Crippen molar-refractivity contribution in [3.05, 3.63) is 50.8 Å². The summed E-state index contributed by atoms with van der Waals surface area (Å²) in [5, 5.41) is 15.2. The van der Waals surface area contributed by atoms with Crippen molar-refractivity contribution in [1.29, 1.82) is 0 Å². The molecule has 106 valence electrons. The van der Waals surface area contributed by atoms with Crippen LogP contribution in [-0.4, -0.2) is 14.7 Å². The third kappa shape index (κ3) is 2.49. The van der Waals surface area contributed by atoms with Crippen LogP contribution in [0.4, 0.5) is 5.69 Å². The number of nitro groups is 1. The van der Waals surface area contributed by atoms with Gasteiger partial charge in [-0.2, -0.15) is 5.10 Å². The van der Waals surface area contributed by atoms with Crippen LogP contribution in [0.3, 0.4) is 0 Å². The molecule has 0 radical (unpaired) electrons. The van der Waals surface area contributed by atoms with Gasteiger partial charge in [0.2, 0.25) is 0 Å². The number of nitro benzene ring substituents is 1. The van der Waals surface area contributed by atoms with Crippen molar-refractivity contribution in [3.8, 4) is 5.75 Å². The Morgan fingerprint density at radius 1 is 1.35 bits per heavy atom. The summed E-state index contributed by atoms with van der Waals surface area (Å²) in [7, 11) is 1.85. The largest absolute Gasteiger partial charge is 0.485 e. The maximum atomic E-state index is 10.9. The topological polar surface area (TPSA) is 70.2 Å². The second-order valence-electron chi connectivity index (χ2n) is 4.73. The van der Waals surface area contributed by atoms with Crippen molar-refractivity contribution in [2.45, 2.75) is 27.4 Å². The highest BCUT2D eigenvalue weighted by Crippen LogP contribution is 2.25. The van der Waals surface area contributed by atoms with Gasteiger partial charge in [0.05, 0.1) is 10.6 Å². The van der Waals surface area contributed by atoms with E-state index < -0.39 is 0 Å². The van der Waals surface area contributed by atoms with Crippen molar-refractivity contribution in [2.75, 3.05) is 0 Å². The van der Waals surface area contributed by atoms with E-state index >= 15 is 0 Å². The van der Waals surface area contributed by atoms with Gasteiger partial charge in [-0.15, -0.1) is 0 Å². The summed E-state index contributed by atoms with van der Waals surface area (Å²) in [5.41, 5.74) is 3.31. The Morgan fingerprint density at radius 3 is 2.60 bits per heavy atom. The third-order valence-corrected chi connectivity index (χ3v) is 3.43. The van der Waals surface area contributed by atoms with Gasteiger partial charge in [-0.1, -0.05) is 12.1 Å². The molecule has 0 saturated heterocycles. The minimum atomic E-state index is -0.376. The molecule has 2 aromatic rings. The molecule has 1 aromatic heterocycles. The van der Waals surface area contributed by atoms with Crippen LogP contribution >= 0.6 is 0 Å². The van der Waals surface area contributed by atoms with Crippen LogP contribution < -0.4 is 4.74 Å². The molecule has 0 aliphatic rings. The fourth-order valence-corrected chi connectivity index (χ4v) is 2.14. The zero-order chi connectivity index (χ0) is 14.9. The standard InChI is InChI=1S/C14H17N3O3/c1-9-12(6-5-7-13(9)17(18)19)8-20-14-10(2)15-16(4)11(14)3/h5-7H,8H2,1-4H3. The number of aromatic nitrogens is 2. The molecule has 0 atom stereocenters. The fourth-order valence-electron chi connectivity index (χ4n) is 2.14. The Morgan fingerprint density at radius 2 is 2.05 bits per heavy atom. The molecule has 1 heterocycles. The van der Waals surface area contributed by atoms with E-state index in [-0.39, 0.29) is 10.6 Å². The molecule has 0 aliphatic heterocycles. The lowest BCUT2D eigenvalue weighted by Crippen LogP contribution is -2.02. The SMILES string of the molecule is Cc1nn(C)c(C)c1OCc1cccc([N+](=O)[O-])c1C. The Hall–Kier alpha value is -2.37. The molecule has 2 rings (SSSR count). The quantitative estimate of drug-likeness (QED) is 0.635. The number of benzene rings is 1. The lowest BCUT2D eigenvalue weighted by molar-refractivity contribution is -0.385. The van der Waals surface area contributed by atoms with Crippen LogP contribution in [-0.2, 0) is 13.7 Å². The van der Waals surface area contributed by atoms with E-state index in [0.29, 0.717) is 12.2 Å². The molecule has 6 heteroatoms. The van der Waals surface area contributed by atoms with E-state index in [2.05, 4.69) is 5.10 Å². The molecule has 6 nitrogen and oxygen atoms in total. The number of aryl methyl sites for hydroxylation is 2. The molecular weight excluding hydrogens is 258 g/mol. The van der Waals surface area contributed by atoms with Crippen LogP contribution in [0.1, 0.15) is 22.5 Å². The van der Waals surface area contributed by atoms with Crippen molar-refractivity contribution in [3.63, 3.8) is 0 Å². The van der Waals surface area contributed by atoms with Gasteiger partial charge < -0.3 is 4.74 Å². The number of ether oxygens (including phenoxy) is 1. The van der Waals surface area contributed by atoms with E-state index in [1.165, 1.54) is 6.07 Å². The van der Waals surface area contributed by atoms with Gasteiger partial charge in [-0.3, -0.25) is 14.8 Å². The number of hydrogen-bond donors (Lipinski definition) is 0. The zero-order valence-electron chi connectivity index (χ0n) is 12.0. The molecule has 0 aliphatic carbocycles. The fraction of sp³-hybridized carbons (Fsp3) is 0.357. The smallest absolute Gasteiger partial charge is 0.272 e. The van der Waals surface area contributed by atoms with Gasteiger partial charge in [0.1, 0.15) is 12.3 Å². The molecule has 0 spiro atoms. The average Bonchev–Trinajstić information content (AvgIpc) is 2.62. The molecule has 0 N–H and O–H groups in total. The molecule has 0 unspecified atom stereocenters. The number of rotatable bonds is 4. The van der Waals surface area contributed by atoms with Crippen LogP contribution in [0, 0.1) is 30.9 Å². The van der Waals surface area contributed by atoms with Gasteiger partial charge in [0.15, 0.2) is 5.75 Å². The first-order chi connectivity index (χ1) is 9.41. The predicted molar refractivity (Wildman–Crippen MR) is 74.8 cm³/mol. The third-order valence-electron chi connectivity index (χ3n) is 3.43. The Labute approximate surface area is 117 Å². The van der Waals surface area contributed by atoms with Crippen LogP contribution in [0.25, 0.3) is 0 Å². The number of hydrogen-bond acceptors (Lipinski definition) is 4. The normalized spacial score (nSPS) is 10.6. The van der Waals surface area contributed by atoms with Gasteiger partial charge in [-0.25, -0.2) is 0 Å². The van der Waals surface area contributed by atoms with E-state index in [0.717, 1.165) is 22.7 Å². The van der Waals surface area contributed by atoms with E-state index in [9.17, 15) is 10.1 Å². The van der Waals surface area contributed by atoms with Gasteiger partial charge in [0.25, 0.3) is 5.69 Å². The summed E-state index contributed by atoms with van der Waals surface area (Å²) in [6.45, 7) is 5.83. The van der Waals surface area contributed by atoms with Crippen molar-refractivity contribution in [2.24, 2.45) is 7.05 Å². The summed E-state index contributed by atoms with van der Waals surface area (Å²) in [4.78, 5) is 10.5. The molecule has 0 amide bonds. The highest BCUT2D eigenvalue weighted by molar-refractivity contribution is 5.44. The highest BCUT2D eigenvalue weighted by atomic mass is 16.6. The monoisotopic (exact) mass is 275 g/mol. The van der Waals surface area contributed by atoms with E-state index in [1.54, 1.807) is 17.7 Å². The zero-order valence-corrected chi connectivity index (χ0v) is 12.0. The lowest BCUT2D eigenvalue weighted by atomic mass is 10.1. The first-order valence-electron chi connectivity index (χ1n) is 6.27. The number of nitrogens with zero attached hydrogens (tertiary/aromatic N) is 3. The predicted octanol–water partition coefficient (Wildman–Crippen LogP) is 2.83. The van der Waals surface area contributed by atoms with Crippen molar-refractivity contribution < 1.29 is 9.66 Å². The lowest BCUT2D eigenvalue weighted by Gasteiger charge is -2.09. The van der Waals surface area contributed by atoms with E-state index in [4.69, 9.17) is 4.74 Å². The van der Waals surface area contributed by atoms with Crippen LogP contribution in [0.5, 0.6) is 5.75 Å². The molecule has 1 aromatic carbocycles. The minimum Gasteiger partial charge on any atom is -0.485 e. The first kappa shape index (κ1) is 14.0. The van der Waals surface area contributed by atoms with Crippen LogP contribution in [0.2, 0.25) is 0 Å². The highest BCUT2D eigenvalue weighted by Gasteiger charge is 2.15. The Kier molecular flexibility index (Phi) is 3.74. The van der Waals surface area contributed by atoms with Gasteiger partial charge in [0, 0.05) is 18.7 Å². The van der Waals surface area contributed by atoms with Crippen molar-refractivity contribution in [1.82, 2.24) is 9.78 Å². The summed E-state index contributed by atoms with van der Waals surface area (Å²) in [6.07, 6.45) is 0. The molecular formula is C14H17N3O3. The maximum Gasteiger partial charge on any atom is 0.272 e.